The summed E-state index contributed by atoms with van der Waals surface area (Å²) < 4.78 is 22.9. The second-order valence-electron chi connectivity index (χ2n) is 30.3. The summed E-state index contributed by atoms with van der Waals surface area (Å²) in [6.07, 6.45) is 78.0. The zero-order valence-electron chi connectivity index (χ0n) is 64.7. The van der Waals surface area contributed by atoms with E-state index in [1.165, 1.54) is 327 Å². The number of ether oxygens (including phenoxy) is 4. The van der Waals surface area contributed by atoms with E-state index in [0.29, 0.717) is 12.8 Å². The Morgan fingerprint density at radius 2 is 0.670 bits per heavy atom. The number of allylic oxidation sites excluding steroid dienone is 7. The average Bonchev–Trinajstić information content (AvgIpc) is 0.796. The molecule has 14 heteroatoms. The zero-order chi connectivity index (χ0) is 72.2. The molecule has 2 heterocycles. The number of aliphatic hydroxyl groups excluding tert-OH is 8. The minimum absolute atomic E-state index is 0.241. The van der Waals surface area contributed by atoms with Crippen molar-refractivity contribution in [2.45, 2.75) is 473 Å². The number of nitrogens with one attached hydrogen (secondary N) is 1. The van der Waals surface area contributed by atoms with Gasteiger partial charge in [-0.25, -0.2) is 0 Å². The van der Waals surface area contributed by atoms with Crippen molar-refractivity contribution in [3.8, 4) is 0 Å². The molecule has 0 aromatic carbocycles. The molecule has 100 heavy (non-hydrogen) atoms. The van der Waals surface area contributed by atoms with Gasteiger partial charge in [-0.2, -0.15) is 0 Å². The molecule has 12 unspecified atom stereocenters. The number of hydrogen-bond donors (Lipinski definition) is 9. The fraction of sp³-hybridized carbons (Fsp3) is 0.895. The number of carbonyl (C=O) groups is 1. The van der Waals surface area contributed by atoms with Crippen molar-refractivity contribution >= 4 is 5.91 Å². The molecule has 0 aliphatic carbocycles. The normalized spacial score (nSPS) is 22.0. The highest BCUT2D eigenvalue weighted by Gasteiger charge is 2.51. The van der Waals surface area contributed by atoms with Crippen LogP contribution in [-0.2, 0) is 23.7 Å². The van der Waals surface area contributed by atoms with Crippen LogP contribution in [0, 0.1) is 0 Å². The molecule has 0 radical (unpaired) electrons. The Labute approximate surface area is 614 Å². The van der Waals surface area contributed by atoms with E-state index >= 15 is 0 Å². The summed E-state index contributed by atoms with van der Waals surface area (Å²) in [6, 6.07) is -0.933. The summed E-state index contributed by atoms with van der Waals surface area (Å²) in [7, 11) is 0. The van der Waals surface area contributed by atoms with Gasteiger partial charge in [0.1, 0.15) is 48.8 Å². The average molecular weight is 1420 g/mol. The number of rotatable bonds is 73. The minimum Gasteiger partial charge on any atom is -0.394 e. The molecule has 2 aliphatic heterocycles. The quantitative estimate of drug-likeness (QED) is 0.0204. The lowest BCUT2D eigenvalue weighted by Gasteiger charge is -2.46. The molecule has 2 fully saturated rings. The molecule has 0 aromatic heterocycles. The highest BCUT2D eigenvalue weighted by molar-refractivity contribution is 5.76. The first-order chi connectivity index (χ1) is 49.1. The molecular formula is C86H161NO13. The van der Waals surface area contributed by atoms with Crippen molar-refractivity contribution < 1.29 is 64.6 Å². The highest BCUT2D eigenvalue weighted by Crippen LogP contribution is 2.30. The molecule has 2 saturated heterocycles. The number of unbranched alkanes of at least 4 members (excludes halogenated alkanes) is 54. The van der Waals surface area contributed by atoms with Crippen LogP contribution in [0.15, 0.2) is 48.6 Å². The van der Waals surface area contributed by atoms with Gasteiger partial charge < -0.3 is 65.1 Å². The van der Waals surface area contributed by atoms with Crippen molar-refractivity contribution in [3.63, 3.8) is 0 Å². The van der Waals surface area contributed by atoms with Gasteiger partial charge in [0, 0.05) is 6.42 Å². The Morgan fingerprint density at radius 3 is 1.04 bits per heavy atom. The van der Waals surface area contributed by atoms with Crippen LogP contribution in [0.3, 0.4) is 0 Å². The fourth-order valence-corrected chi connectivity index (χ4v) is 14.2. The molecule has 12 atom stereocenters. The summed E-state index contributed by atoms with van der Waals surface area (Å²) in [4.78, 5) is 13.4. The zero-order valence-corrected chi connectivity index (χ0v) is 64.7. The maximum absolute atomic E-state index is 13.4. The second kappa shape index (κ2) is 70.0. The van der Waals surface area contributed by atoms with Crippen molar-refractivity contribution in [1.29, 1.82) is 0 Å². The monoisotopic (exact) mass is 1420 g/mol. The molecule has 2 aliphatic rings. The topological polar surface area (TPSA) is 228 Å². The van der Waals surface area contributed by atoms with Crippen molar-refractivity contribution in [2.75, 3.05) is 19.8 Å². The Bertz CT molecular complexity index is 1870. The predicted octanol–water partition coefficient (Wildman–Crippen LogP) is 20.1. The summed E-state index contributed by atoms with van der Waals surface area (Å²) in [5, 5.41) is 87.7. The van der Waals surface area contributed by atoms with Crippen LogP contribution in [0.5, 0.6) is 0 Å². The van der Waals surface area contributed by atoms with Gasteiger partial charge in [-0.1, -0.05) is 377 Å². The van der Waals surface area contributed by atoms with E-state index in [4.69, 9.17) is 18.9 Å². The largest absolute Gasteiger partial charge is 0.394 e. The van der Waals surface area contributed by atoms with Crippen molar-refractivity contribution in [2.24, 2.45) is 0 Å². The van der Waals surface area contributed by atoms with Gasteiger partial charge in [0.05, 0.1) is 32.0 Å². The maximum atomic E-state index is 13.4. The highest BCUT2D eigenvalue weighted by atomic mass is 16.7. The fourth-order valence-electron chi connectivity index (χ4n) is 14.2. The van der Waals surface area contributed by atoms with Gasteiger partial charge in [0.2, 0.25) is 5.91 Å². The first-order valence-corrected chi connectivity index (χ1v) is 42.9. The van der Waals surface area contributed by atoms with Crippen LogP contribution in [0.4, 0.5) is 0 Å². The molecule has 9 N–H and O–H groups in total. The van der Waals surface area contributed by atoms with Gasteiger partial charge >= 0.3 is 0 Å². The van der Waals surface area contributed by atoms with E-state index in [1.807, 2.05) is 6.08 Å². The van der Waals surface area contributed by atoms with Crippen LogP contribution in [0.2, 0.25) is 0 Å². The van der Waals surface area contributed by atoms with Gasteiger partial charge in [0.15, 0.2) is 12.6 Å². The number of amides is 1. The molecule has 0 spiro atoms. The molecule has 0 saturated carbocycles. The lowest BCUT2D eigenvalue weighted by Crippen LogP contribution is -2.65. The van der Waals surface area contributed by atoms with Crippen molar-refractivity contribution in [1.82, 2.24) is 5.32 Å². The summed E-state index contributed by atoms with van der Waals surface area (Å²) >= 11 is 0. The van der Waals surface area contributed by atoms with Gasteiger partial charge in [0.25, 0.3) is 0 Å². The van der Waals surface area contributed by atoms with E-state index in [-0.39, 0.29) is 18.9 Å². The van der Waals surface area contributed by atoms with Crippen LogP contribution in [0.1, 0.15) is 399 Å². The smallest absolute Gasteiger partial charge is 0.220 e. The standard InChI is InChI=1S/C86H161NO13/c1-3-5-7-9-11-13-15-17-19-21-23-25-27-29-31-32-33-34-35-36-37-38-39-40-41-42-44-46-48-50-52-54-56-58-60-62-64-66-68-70-78(91)87-74(73-97-85-83(96)81(94)84(77(72-89)99-85)100-86-82(95)80(93)79(92)76(71-88)98-86)75(90)69-67-65-63-61-59-57-55-53-51-49-47-45-43-30-28-26-24-22-20-18-16-14-12-10-8-6-4-2/h15,17,21,23,59,61,67,69,74-77,79-86,88-90,92-96H,3-14,16,18-20,22,24-58,60,62-66,68,70-73H2,1-2H3,(H,87,91)/b17-15-,23-21-,61-59+,69-67+. The summed E-state index contributed by atoms with van der Waals surface area (Å²) in [5.41, 5.74) is 0. The first-order valence-electron chi connectivity index (χ1n) is 42.9. The number of aliphatic hydroxyl groups is 8. The Morgan fingerprint density at radius 1 is 0.360 bits per heavy atom. The SMILES string of the molecule is CCCCCCC/C=C\C/C=C\CCCCCCCCCCCCCCCCCCCCCCCCCCCCCC(=O)NC(COC1OC(CO)C(OC2OC(CO)C(O)C(O)C2O)C(O)C1O)C(O)/C=C/CC/C=C/CCCCCCCCCCCCCCCCCCCCCCC. The number of carbonyl (C=O) groups excluding carboxylic acids is 1. The van der Waals surface area contributed by atoms with Crippen LogP contribution < -0.4 is 5.32 Å². The van der Waals surface area contributed by atoms with E-state index in [2.05, 4.69) is 55.6 Å². The van der Waals surface area contributed by atoms with Crippen molar-refractivity contribution in [3.05, 3.63) is 48.6 Å². The molecule has 0 bridgehead atoms. The molecular weight excluding hydrogens is 1250 g/mol. The van der Waals surface area contributed by atoms with Gasteiger partial charge in [-0.15, -0.1) is 0 Å². The summed E-state index contributed by atoms with van der Waals surface area (Å²) in [5.74, 6) is -0.241. The number of hydrogen-bond acceptors (Lipinski definition) is 13. The maximum Gasteiger partial charge on any atom is 0.220 e. The molecule has 1 amide bonds. The molecule has 0 aromatic rings. The second-order valence-corrected chi connectivity index (χ2v) is 30.3. The predicted molar refractivity (Wildman–Crippen MR) is 415 cm³/mol. The lowest BCUT2D eigenvalue weighted by atomic mass is 9.97. The molecule has 14 nitrogen and oxygen atoms in total. The summed E-state index contributed by atoms with van der Waals surface area (Å²) in [6.45, 7) is 2.84. The van der Waals surface area contributed by atoms with E-state index in [1.54, 1.807) is 6.08 Å². The van der Waals surface area contributed by atoms with E-state index in [0.717, 1.165) is 38.5 Å². The van der Waals surface area contributed by atoms with Gasteiger partial charge in [-0.3, -0.25) is 4.79 Å². The minimum atomic E-state index is -1.79. The Kier molecular flexibility index (Phi) is 65.8. The van der Waals surface area contributed by atoms with Gasteiger partial charge in [-0.05, 0) is 64.2 Å². The molecule has 588 valence electrons. The van der Waals surface area contributed by atoms with E-state index in [9.17, 15) is 45.6 Å². The third-order valence-electron chi connectivity index (χ3n) is 21.0. The Hall–Kier alpha value is -2.05. The Balaban J connectivity index is 1.58. The third-order valence-corrected chi connectivity index (χ3v) is 21.0. The van der Waals surface area contributed by atoms with Crippen LogP contribution >= 0.6 is 0 Å². The van der Waals surface area contributed by atoms with E-state index < -0.39 is 86.8 Å². The lowest BCUT2D eigenvalue weighted by molar-refractivity contribution is -0.359. The van der Waals surface area contributed by atoms with Crippen LogP contribution in [-0.4, -0.2) is 140 Å². The first kappa shape index (κ1) is 94.0. The third kappa shape index (κ3) is 52.0. The molecule has 2 rings (SSSR count). The van der Waals surface area contributed by atoms with Crippen LogP contribution in [0.25, 0.3) is 0 Å².